The molecule has 2 aromatic carbocycles. The average molecular weight is 491 g/mol. The molecule has 2 aromatic heterocycles. The van der Waals surface area contributed by atoms with Crippen molar-refractivity contribution < 1.29 is 14.3 Å². The molecule has 6 rings (SSSR count). The molecule has 0 fully saturated rings. The number of benzene rings is 2. The normalized spacial score (nSPS) is 17.6. The number of carbonyl (C=O) groups excluding carboxylic acids is 2. The van der Waals surface area contributed by atoms with Crippen molar-refractivity contribution in [3.63, 3.8) is 0 Å². The average Bonchev–Trinajstić information content (AvgIpc) is 3.45. The molecule has 0 radical (unpaired) electrons. The highest BCUT2D eigenvalue weighted by atomic mass is 35.5. The first-order valence-electron chi connectivity index (χ1n) is 11.6. The summed E-state index contributed by atoms with van der Waals surface area (Å²) in [5, 5.41) is 4.44. The maximum Gasteiger partial charge on any atom is 0.259 e. The quantitative estimate of drug-likeness (QED) is 0.427. The van der Waals surface area contributed by atoms with E-state index in [1.165, 1.54) is 0 Å². The minimum atomic E-state index is -0.370. The third-order valence-corrected chi connectivity index (χ3v) is 7.30. The third-order valence-electron chi connectivity index (χ3n) is 7.30. The van der Waals surface area contributed by atoms with Crippen LogP contribution in [0.4, 0.5) is 0 Å². The van der Waals surface area contributed by atoms with Crippen LogP contribution >= 0.6 is 12.4 Å². The Labute approximate surface area is 208 Å². The highest BCUT2D eigenvalue weighted by Gasteiger charge is 2.38. The number of rotatable bonds is 4. The van der Waals surface area contributed by atoms with Gasteiger partial charge in [-0.1, -0.05) is 18.2 Å². The van der Waals surface area contributed by atoms with E-state index in [0.717, 1.165) is 58.0 Å². The number of para-hydroxylation sites is 1. The first-order valence-corrected chi connectivity index (χ1v) is 11.6. The molecule has 0 saturated heterocycles. The summed E-state index contributed by atoms with van der Waals surface area (Å²) in [6.07, 6.45) is 3.70. The minimum absolute atomic E-state index is 0. The summed E-state index contributed by atoms with van der Waals surface area (Å²) >= 11 is 0. The topological polar surface area (TPSA) is 91.3 Å². The number of aromatic nitrogens is 2. The third kappa shape index (κ3) is 3.38. The number of imide groups is 1. The number of halogens is 1. The van der Waals surface area contributed by atoms with Crippen LogP contribution in [-0.4, -0.2) is 34.6 Å². The van der Waals surface area contributed by atoms with Crippen molar-refractivity contribution in [2.75, 3.05) is 13.7 Å². The van der Waals surface area contributed by atoms with Crippen LogP contribution in [0.15, 0.2) is 48.7 Å². The van der Waals surface area contributed by atoms with Gasteiger partial charge in [0.2, 0.25) is 0 Å². The zero-order chi connectivity index (χ0) is 23.6. The van der Waals surface area contributed by atoms with E-state index in [0.29, 0.717) is 29.4 Å². The Hall–Kier alpha value is -3.55. The molecule has 1 atom stereocenters. The largest absolute Gasteiger partial charge is 0.497 e. The lowest BCUT2D eigenvalue weighted by atomic mass is 9.89. The van der Waals surface area contributed by atoms with E-state index < -0.39 is 0 Å². The first kappa shape index (κ1) is 23.2. The number of nitrogens with zero attached hydrogens (tertiary/aromatic N) is 2. The van der Waals surface area contributed by atoms with Gasteiger partial charge in [0.1, 0.15) is 5.75 Å². The van der Waals surface area contributed by atoms with E-state index in [-0.39, 0.29) is 24.2 Å². The lowest BCUT2D eigenvalue weighted by Crippen LogP contribution is -2.26. The number of amides is 2. The Bertz CT molecular complexity index is 1550. The van der Waals surface area contributed by atoms with Gasteiger partial charge in [0.15, 0.2) is 0 Å². The van der Waals surface area contributed by atoms with Gasteiger partial charge in [0.05, 0.1) is 18.3 Å². The molecule has 1 unspecified atom stereocenters. The fourth-order valence-corrected chi connectivity index (χ4v) is 5.64. The maximum atomic E-state index is 13.4. The molecule has 35 heavy (non-hydrogen) atoms. The SMILES string of the molecule is COc1ccc2c(c1)c(C1=C(c3c4n(c5ccccc35)CCC(CN)C4)C(=O)NC1=O)cn2C.Cl. The molecule has 4 aromatic rings. The van der Waals surface area contributed by atoms with Gasteiger partial charge in [0, 0.05) is 58.4 Å². The molecule has 0 spiro atoms. The molecule has 3 N–H and O–H groups in total. The van der Waals surface area contributed by atoms with Crippen LogP contribution in [0, 0.1) is 5.92 Å². The molecular weight excluding hydrogens is 464 g/mol. The summed E-state index contributed by atoms with van der Waals surface area (Å²) in [5.41, 5.74) is 11.6. The van der Waals surface area contributed by atoms with Crippen LogP contribution in [0.5, 0.6) is 5.75 Å². The maximum absolute atomic E-state index is 13.4. The summed E-state index contributed by atoms with van der Waals surface area (Å²) in [5.74, 6) is 0.324. The van der Waals surface area contributed by atoms with Crippen molar-refractivity contribution >= 4 is 57.2 Å². The fraction of sp³-hybridized carbons (Fsp3) is 0.259. The minimum Gasteiger partial charge on any atom is -0.497 e. The molecule has 8 heteroatoms. The van der Waals surface area contributed by atoms with E-state index in [1.807, 2.05) is 54.2 Å². The summed E-state index contributed by atoms with van der Waals surface area (Å²) in [6, 6.07) is 13.9. The Morgan fingerprint density at radius 2 is 1.83 bits per heavy atom. The second-order valence-electron chi connectivity index (χ2n) is 9.16. The summed E-state index contributed by atoms with van der Waals surface area (Å²) < 4.78 is 9.71. The molecule has 0 saturated carbocycles. The lowest BCUT2D eigenvalue weighted by molar-refractivity contribution is -0.122. The standard InChI is InChI=1S/C27H26N4O3.ClH/c1-30-14-19(18-12-16(34-2)7-8-20(18)30)24-25(27(33)29-26(24)32)23-17-5-3-4-6-21(17)31-10-9-15(13-28)11-22(23)31;/h3-8,12,14-15H,9-11,13,28H2,1-2H3,(H,29,32,33);1H. The van der Waals surface area contributed by atoms with Crippen molar-refractivity contribution in [1.29, 1.82) is 0 Å². The summed E-state index contributed by atoms with van der Waals surface area (Å²) in [4.78, 5) is 26.6. The molecular formula is C27H27ClN4O3. The van der Waals surface area contributed by atoms with E-state index in [9.17, 15) is 9.59 Å². The molecule has 180 valence electrons. The van der Waals surface area contributed by atoms with E-state index in [4.69, 9.17) is 10.5 Å². The molecule has 0 aliphatic carbocycles. The molecule has 7 nitrogen and oxygen atoms in total. The van der Waals surface area contributed by atoms with Gasteiger partial charge < -0.3 is 19.6 Å². The molecule has 4 heterocycles. The number of hydrogen-bond donors (Lipinski definition) is 2. The fourth-order valence-electron chi connectivity index (χ4n) is 5.64. The highest BCUT2D eigenvalue weighted by molar-refractivity contribution is 6.51. The van der Waals surface area contributed by atoms with Crippen molar-refractivity contribution in [3.05, 3.63) is 65.5 Å². The van der Waals surface area contributed by atoms with Crippen LogP contribution < -0.4 is 15.8 Å². The van der Waals surface area contributed by atoms with Gasteiger partial charge in [-0.15, -0.1) is 12.4 Å². The van der Waals surface area contributed by atoms with Crippen molar-refractivity contribution in [3.8, 4) is 5.75 Å². The number of hydrogen-bond acceptors (Lipinski definition) is 4. The van der Waals surface area contributed by atoms with E-state index >= 15 is 0 Å². The molecule has 2 aliphatic rings. The highest BCUT2D eigenvalue weighted by Crippen LogP contribution is 2.43. The number of fused-ring (bicyclic) bond motifs is 4. The monoisotopic (exact) mass is 490 g/mol. The zero-order valence-electron chi connectivity index (χ0n) is 19.6. The van der Waals surface area contributed by atoms with Crippen molar-refractivity contribution in [2.45, 2.75) is 19.4 Å². The number of aryl methyl sites for hydroxylation is 2. The van der Waals surface area contributed by atoms with E-state index in [2.05, 4.69) is 16.0 Å². The van der Waals surface area contributed by atoms with Gasteiger partial charge in [0.25, 0.3) is 11.8 Å². The van der Waals surface area contributed by atoms with Crippen LogP contribution in [0.1, 0.15) is 23.2 Å². The Morgan fingerprint density at radius 3 is 2.60 bits per heavy atom. The van der Waals surface area contributed by atoms with Gasteiger partial charge >= 0.3 is 0 Å². The number of methoxy groups -OCH3 is 1. The van der Waals surface area contributed by atoms with Crippen molar-refractivity contribution in [2.24, 2.45) is 18.7 Å². The number of carbonyl (C=O) groups is 2. The van der Waals surface area contributed by atoms with Crippen LogP contribution in [0.25, 0.3) is 33.0 Å². The van der Waals surface area contributed by atoms with Crippen molar-refractivity contribution in [1.82, 2.24) is 14.5 Å². The second kappa shape index (κ2) is 8.59. The number of ether oxygens (including phenoxy) is 1. The molecule has 2 aliphatic heterocycles. The molecule has 2 amide bonds. The van der Waals surface area contributed by atoms with E-state index in [1.54, 1.807) is 7.11 Å². The Morgan fingerprint density at radius 1 is 1.06 bits per heavy atom. The van der Waals surface area contributed by atoms with Crippen LogP contribution in [0.2, 0.25) is 0 Å². The summed E-state index contributed by atoms with van der Waals surface area (Å²) in [6.45, 7) is 1.45. The van der Waals surface area contributed by atoms with Gasteiger partial charge in [-0.2, -0.15) is 0 Å². The first-order chi connectivity index (χ1) is 16.5. The zero-order valence-corrected chi connectivity index (χ0v) is 20.4. The lowest BCUT2D eigenvalue weighted by Gasteiger charge is -2.24. The van der Waals surface area contributed by atoms with Crippen LogP contribution in [-0.2, 0) is 29.6 Å². The molecule has 0 bridgehead atoms. The Kier molecular flexibility index (Phi) is 5.69. The van der Waals surface area contributed by atoms with Crippen LogP contribution in [0.3, 0.4) is 0 Å². The summed E-state index contributed by atoms with van der Waals surface area (Å²) in [7, 11) is 3.56. The van der Waals surface area contributed by atoms with Gasteiger partial charge in [-0.3, -0.25) is 14.9 Å². The predicted molar refractivity (Wildman–Crippen MR) is 139 cm³/mol. The Balaban J connectivity index is 0.00000253. The van der Waals surface area contributed by atoms with Gasteiger partial charge in [-0.25, -0.2) is 0 Å². The second-order valence-corrected chi connectivity index (χ2v) is 9.16. The number of nitrogens with two attached hydrogens (primary N) is 1. The van der Waals surface area contributed by atoms with Gasteiger partial charge in [-0.05, 0) is 49.6 Å². The number of nitrogens with one attached hydrogen (secondary N) is 1. The predicted octanol–water partition coefficient (Wildman–Crippen LogP) is 3.65. The smallest absolute Gasteiger partial charge is 0.259 e.